The number of piperidine rings is 1. The van der Waals surface area contributed by atoms with Gasteiger partial charge in [0.1, 0.15) is 15.7 Å². The number of rotatable bonds is 0. The van der Waals surface area contributed by atoms with Crippen LogP contribution in [0.15, 0.2) is 0 Å². The average Bonchev–Trinajstić information content (AvgIpc) is 1.81. The summed E-state index contributed by atoms with van der Waals surface area (Å²) in [6, 6.07) is 0. The molecule has 54 valence electrons. The second-order valence-corrected chi connectivity index (χ2v) is 3.80. The minimum Gasteiger partial charge on any atom is -0.362 e. The fourth-order valence-corrected chi connectivity index (χ4v) is 1.18. The third-order valence-electron chi connectivity index (χ3n) is 2.19. The highest BCUT2D eigenvalue weighted by Crippen LogP contribution is 2.30. The summed E-state index contributed by atoms with van der Waals surface area (Å²) in [6.07, 6.45) is 2.12. The first kappa shape index (κ1) is 7.70. The third-order valence-corrected chi connectivity index (χ3v) is 2.19. The molecule has 0 radical (unpaired) electrons. The van der Waals surface area contributed by atoms with E-state index < -0.39 is 0 Å². The Morgan fingerprint density at radius 3 is 2.80 bits per heavy atom. The van der Waals surface area contributed by atoms with Gasteiger partial charge in [0.25, 0.3) is 0 Å². The molecule has 2 nitrogen and oxygen atoms in total. The lowest BCUT2D eigenvalue weighted by atomic mass is 9.63. The van der Waals surface area contributed by atoms with Gasteiger partial charge in [0, 0.05) is 5.31 Å². The van der Waals surface area contributed by atoms with Gasteiger partial charge in [0.2, 0.25) is 5.91 Å². The molecular formula is C6H13B2NO. The second-order valence-electron chi connectivity index (χ2n) is 3.80. The molecule has 2 atom stereocenters. The van der Waals surface area contributed by atoms with Gasteiger partial charge in [-0.05, 0) is 18.8 Å². The van der Waals surface area contributed by atoms with Gasteiger partial charge in [-0.3, -0.25) is 4.79 Å². The number of nitrogens with one attached hydrogen (secondary N) is 1. The van der Waals surface area contributed by atoms with Crippen molar-refractivity contribution >= 4 is 21.6 Å². The van der Waals surface area contributed by atoms with Gasteiger partial charge in [-0.2, -0.15) is 0 Å². The molecule has 4 heteroatoms. The summed E-state index contributed by atoms with van der Waals surface area (Å²) in [6.45, 7) is 1.99. The Kier molecular flexibility index (Phi) is 1.80. The molecule has 0 spiro atoms. The fraction of sp³-hybridized carbons (Fsp3) is 0.833. The maximum atomic E-state index is 11.2. The molecule has 1 aliphatic heterocycles. The first-order valence-electron chi connectivity index (χ1n) is 3.83. The van der Waals surface area contributed by atoms with Gasteiger partial charge in [-0.1, -0.05) is 6.92 Å². The lowest BCUT2D eigenvalue weighted by Crippen LogP contribution is -2.46. The summed E-state index contributed by atoms with van der Waals surface area (Å²) in [5, 5.41) is 2.80. The van der Waals surface area contributed by atoms with Gasteiger partial charge in [0.05, 0.1) is 0 Å². The summed E-state index contributed by atoms with van der Waals surface area (Å²) < 4.78 is 0. The van der Waals surface area contributed by atoms with Crippen molar-refractivity contribution in [1.82, 2.24) is 5.32 Å². The normalized spacial score (nSPS) is 40.9. The SMILES string of the molecule is BC1CCC(B)(C)C(=O)N1. The average molecular weight is 137 g/mol. The topological polar surface area (TPSA) is 29.1 Å². The lowest BCUT2D eigenvalue weighted by Gasteiger charge is -2.32. The smallest absolute Gasteiger partial charge is 0.217 e. The van der Waals surface area contributed by atoms with Crippen molar-refractivity contribution in [2.45, 2.75) is 31.0 Å². The van der Waals surface area contributed by atoms with Crippen molar-refractivity contribution in [1.29, 1.82) is 0 Å². The Bertz CT molecular complexity index is 158. The zero-order chi connectivity index (χ0) is 7.78. The molecule has 0 aromatic rings. The summed E-state index contributed by atoms with van der Waals surface area (Å²) in [5.41, 5.74) is 0. The Morgan fingerprint density at radius 2 is 2.40 bits per heavy atom. The van der Waals surface area contributed by atoms with Gasteiger partial charge >= 0.3 is 0 Å². The highest BCUT2D eigenvalue weighted by molar-refractivity contribution is 6.29. The summed E-state index contributed by atoms with van der Waals surface area (Å²) in [4.78, 5) is 11.2. The van der Waals surface area contributed by atoms with Crippen LogP contribution in [0.1, 0.15) is 19.8 Å². The number of hydrogen-bond donors (Lipinski definition) is 1. The van der Waals surface area contributed by atoms with Crippen molar-refractivity contribution in [3.8, 4) is 0 Å². The number of carbonyl (C=O) groups excluding carboxylic acids is 1. The zero-order valence-electron chi connectivity index (χ0n) is 6.90. The van der Waals surface area contributed by atoms with Crippen LogP contribution in [0.5, 0.6) is 0 Å². The fourth-order valence-electron chi connectivity index (χ4n) is 1.18. The largest absolute Gasteiger partial charge is 0.362 e. The van der Waals surface area contributed by atoms with Crippen LogP contribution in [0, 0.1) is 0 Å². The van der Waals surface area contributed by atoms with Crippen molar-refractivity contribution < 1.29 is 4.79 Å². The van der Waals surface area contributed by atoms with Crippen LogP contribution in [0.4, 0.5) is 0 Å². The number of hydrogen-bond acceptors (Lipinski definition) is 1. The minimum atomic E-state index is -0.132. The van der Waals surface area contributed by atoms with E-state index in [0.29, 0.717) is 5.94 Å². The molecule has 1 amide bonds. The van der Waals surface area contributed by atoms with Crippen LogP contribution in [0.2, 0.25) is 5.31 Å². The quantitative estimate of drug-likeness (QED) is 0.411. The van der Waals surface area contributed by atoms with Crippen LogP contribution in [0.3, 0.4) is 0 Å². The molecule has 0 aromatic carbocycles. The Labute approximate surface area is 63.6 Å². The van der Waals surface area contributed by atoms with E-state index in [9.17, 15) is 4.79 Å². The molecule has 0 aromatic heterocycles. The van der Waals surface area contributed by atoms with E-state index in [1.807, 2.05) is 22.6 Å². The summed E-state index contributed by atoms with van der Waals surface area (Å²) in [5.74, 6) is 0.576. The predicted octanol–water partition coefficient (Wildman–Crippen LogP) is -1.33. The van der Waals surface area contributed by atoms with Gasteiger partial charge in [-0.25, -0.2) is 0 Å². The zero-order valence-corrected chi connectivity index (χ0v) is 6.90. The molecule has 0 saturated carbocycles. The molecule has 1 saturated heterocycles. The Balaban J connectivity index is 2.61. The van der Waals surface area contributed by atoms with E-state index in [0.717, 1.165) is 12.8 Å². The molecule has 0 aliphatic carbocycles. The second kappa shape index (κ2) is 2.33. The Morgan fingerprint density at radius 1 is 1.80 bits per heavy atom. The van der Waals surface area contributed by atoms with Gasteiger partial charge in [0.15, 0.2) is 0 Å². The van der Waals surface area contributed by atoms with Gasteiger partial charge < -0.3 is 5.32 Å². The van der Waals surface area contributed by atoms with Crippen LogP contribution < -0.4 is 5.32 Å². The molecule has 1 fully saturated rings. The third kappa shape index (κ3) is 1.36. The number of amides is 1. The van der Waals surface area contributed by atoms with Gasteiger partial charge in [-0.15, -0.1) is 0 Å². The van der Waals surface area contributed by atoms with E-state index in [2.05, 4.69) is 5.32 Å². The number of carbonyl (C=O) groups is 1. The lowest BCUT2D eigenvalue weighted by molar-refractivity contribution is -0.125. The monoisotopic (exact) mass is 137 g/mol. The van der Waals surface area contributed by atoms with E-state index in [4.69, 9.17) is 0 Å². The van der Waals surface area contributed by atoms with Crippen molar-refractivity contribution in [3.05, 3.63) is 0 Å². The molecule has 1 heterocycles. The highest BCUT2D eigenvalue weighted by atomic mass is 16.2. The van der Waals surface area contributed by atoms with Crippen LogP contribution in [0.25, 0.3) is 0 Å². The maximum absolute atomic E-state index is 11.2. The predicted molar refractivity (Wildman–Crippen MR) is 46.6 cm³/mol. The van der Waals surface area contributed by atoms with Crippen molar-refractivity contribution in [3.63, 3.8) is 0 Å². The standard InChI is InChI=1S/C6H13B2NO/c1-6(8)3-2-4(7)9-5(6)10/h4H,2-3,7-8H2,1H3,(H,9,10). The van der Waals surface area contributed by atoms with Crippen molar-refractivity contribution in [2.75, 3.05) is 0 Å². The molecule has 2 unspecified atom stereocenters. The summed E-state index contributed by atoms with van der Waals surface area (Å²) in [7, 11) is 4.04. The highest BCUT2D eigenvalue weighted by Gasteiger charge is 2.32. The van der Waals surface area contributed by atoms with Crippen LogP contribution >= 0.6 is 0 Å². The van der Waals surface area contributed by atoms with Crippen LogP contribution in [-0.2, 0) is 4.79 Å². The minimum absolute atomic E-state index is 0.132. The molecular weight excluding hydrogens is 124 g/mol. The first-order valence-corrected chi connectivity index (χ1v) is 3.83. The Hall–Kier alpha value is -0.400. The molecule has 10 heavy (non-hydrogen) atoms. The molecule has 1 N–H and O–H groups in total. The van der Waals surface area contributed by atoms with E-state index in [-0.39, 0.29) is 11.2 Å². The van der Waals surface area contributed by atoms with E-state index in [1.165, 1.54) is 0 Å². The van der Waals surface area contributed by atoms with E-state index >= 15 is 0 Å². The molecule has 1 aliphatic rings. The molecule has 0 bridgehead atoms. The molecule has 1 rings (SSSR count). The summed E-state index contributed by atoms with van der Waals surface area (Å²) >= 11 is 0. The maximum Gasteiger partial charge on any atom is 0.217 e. The first-order chi connectivity index (χ1) is 4.52. The van der Waals surface area contributed by atoms with Crippen LogP contribution in [-0.4, -0.2) is 27.5 Å². The van der Waals surface area contributed by atoms with Crippen molar-refractivity contribution in [2.24, 2.45) is 0 Å². The van der Waals surface area contributed by atoms with E-state index in [1.54, 1.807) is 0 Å².